The summed E-state index contributed by atoms with van der Waals surface area (Å²) in [7, 11) is 1.71. The number of guanidine groups is 1. The number of benzene rings is 1. The highest BCUT2D eigenvalue weighted by atomic mass is 16.5. The molecule has 27 heavy (non-hydrogen) atoms. The highest BCUT2D eigenvalue weighted by Gasteiger charge is 2.04. The van der Waals surface area contributed by atoms with Crippen molar-refractivity contribution < 1.29 is 13.9 Å². The molecule has 0 atom stereocenters. The van der Waals surface area contributed by atoms with Crippen molar-refractivity contribution in [1.82, 2.24) is 10.6 Å². The van der Waals surface area contributed by atoms with Gasteiger partial charge in [-0.15, -0.1) is 0 Å². The molecule has 1 heterocycles. The third-order valence-corrected chi connectivity index (χ3v) is 4.01. The molecule has 6 heteroatoms. The number of aryl methyl sites for hydroxylation is 1. The normalized spacial score (nSPS) is 11.4. The Bertz CT molecular complexity index is 684. The molecule has 0 saturated heterocycles. The first-order chi connectivity index (χ1) is 13.2. The van der Waals surface area contributed by atoms with E-state index in [4.69, 9.17) is 13.9 Å². The summed E-state index contributed by atoms with van der Waals surface area (Å²) in [6.45, 7) is 7.65. The molecule has 2 N–H and O–H groups in total. The van der Waals surface area contributed by atoms with Crippen LogP contribution in [0.25, 0.3) is 0 Å². The standard InChI is InChI=1S/C21H31N3O3/c1-4-22-21(23-11-6-13-26-16-19-7-5-14-27-19)24-12-10-18-15-17(2)8-9-20(18)25-3/h5,7-9,14-15H,4,6,10-13,16H2,1-3H3,(H2,22,23,24). The Labute approximate surface area is 162 Å². The molecular formula is C21H31N3O3. The third-order valence-electron chi connectivity index (χ3n) is 4.01. The molecule has 0 bridgehead atoms. The van der Waals surface area contributed by atoms with E-state index in [1.165, 1.54) is 11.1 Å². The number of furan rings is 1. The number of aliphatic imine (C=N–C) groups is 1. The van der Waals surface area contributed by atoms with E-state index in [9.17, 15) is 0 Å². The molecule has 0 radical (unpaired) electrons. The van der Waals surface area contributed by atoms with Gasteiger partial charge >= 0.3 is 0 Å². The second-order valence-corrected chi connectivity index (χ2v) is 6.24. The number of nitrogens with one attached hydrogen (secondary N) is 2. The van der Waals surface area contributed by atoms with E-state index in [1.54, 1.807) is 13.4 Å². The lowest BCUT2D eigenvalue weighted by molar-refractivity contribution is 0.105. The molecule has 6 nitrogen and oxygen atoms in total. The van der Waals surface area contributed by atoms with Crippen molar-refractivity contribution in [3.8, 4) is 5.75 Å². The van der Waals surface area contributed by atoms with E-state index in [2.05, 4.69) is 41.6 Å². The maximum absolute atomic E-state index is 5.58. The molecule has 2 aromatic rings. The van der Waals surface area contributed by atoms with E-state index < -0.39 is 0 Å². The summed E-state index contributed by atoms with van der Waals surface area (Å²) in [5.74, 6) is 2.60. The zero-order chi connectivity index (χ0) is 19.3. The fourth-order valence-electron chi connectivity index (χ4n) is 2.68. The Hall–Kier alpha value is -2.47. The third kappa shape index (κ3) is 7.74. The second-order valence-electron chi connectivity index (χ2n) is 6.24. The Morgan fingerprint density at radius 1 is 1.22 bits per heavy atom. The van der Waals surface area contributed by atoms with Crippen molar-refractivity contribution in [2.75, 3.05) is 33.4 Å². The molecule has 0 spiro atoms. The Kier molecular flexibility index (Phi) is 9.27. The summed E-state index contributed by atoms with van der Waals surface area (Å²) >= 11 is 0. The zero-order valence-electron chi connectivity index (χ0n) is 16.6. The van der Waals surface area contributed by atoms with Gasteiger partial charge in [0.25, 0.3) is 0 Å². The van der Waals surface area contributed by atoms with Gasteiger partial charge in [0, 0.05) is 26.2 Å². The van der Waals surface area contributed by atoms with Crippen LogP contribution in [-0.4, -0.2) is 39.3 Å². The topological polar surface area (TPSA) is 68.0 Å². The van der Waals surface area contributed by atoms with E-state index in [0.29, 0.717) is 19.8 Å². The van der Waals surface area contributed by atoms with Crippen molar-refractivity contribution in [1.29, 1.82) is 0 Å². The van der Waals surface area contributed by atoms with Crippen LogP contribution in [0.1, 0.15) is 30.2 Å². The van der Waals surface area contributed by atoms with Crippen LogP contribution in [0.15, 0.2) is 46.0 Å². The molecule has 0 aliphatic heterocycles. The number of methoxy groups -OCH3 is 1. The van der Waals surface area contributed by atoms with Gasteiger partial charge in [-0.2, -0.15) is 0 Å². The molecule has 0 aliphatic rings. The van der Waals surface area contributed by atoms with Crippen LogP contribution in [0, 0.1) is 6.92 Å². The smallest absolute Gasteiger partial charge is 0.191 e. The van der Waals surface area contributed by atoms with E-state index in [0.717, 1.165) is 43.4 Å². The Morgan fingerprint density at radius 3 is 2.85 bits per heavy atom. The van der Waals surface area contributed by atoms with Gasteiger partial charge in [0.05, 0.1) is 13.4 Å². The van der Waals surface area contributed by atoms with E-state index >= 15 is 0 Å². The maximum Gasteiger partial charge on any atom is 0.191 e. The molecule has 1 aromatic heterocycles. The van der Waals surface area contributed by atoms with Gasteiger partial charge in [-0.1, -0.05) is 17.7 Å². The first kappa shape index (κ1) is 20.8. The summed E-state index contributed by atoms with van der Waals surface area (Å²) < 4.78 is 16.3. The van der Waals surface area contributed by atoms with Crippen LogP contribution < -0.4 is 15.4 Å². The molecule has 0 aliphatic carbocycles. The second kappa shape index (κ2) is 12.0. The summed E-state index contributed by atoms with van der Waals surface area (Å²) in [6.07, 6.45) is 3.40. The van der Waals surface area contributed by atoms with E-state index in [1.807, 2.05) is 18.2 Å². The summed E-state index contributed by atoms with van der Waals surface area (Å²) in [5.41, 5.74) is 2.44. The number of hydrogen-bond donors (Lipinski definition) is 2. The van der Waals surface area contributed by atoms with Crippen LogP contribution >= 0.6 is 0 Å². The van der Waals surface area contributed by atoms with Gasteiger partial charge in [-0.05, 0) is 50.5 Å². The maximum atomic E-state index is 5.58. The molecule has 0 saturated carbocycles. The minimum Gasteiger partial charge on any atom is -0.496 e. The van der Waals surface area contributed by atoms with Crippen molar-refractivity contribution in [3.63, 3.8) is 0 Å². The lowest BCUT2D eigenvalue weighted by Gasteiger charge is -2.13. The van der Waals surface area contributed by atoms with Gasteiger partial charge in [-0.3, -0.25) is 4.99 Å². The average Bonchev–Trinajstić information content (AvgIpc) is 3.18. The van der Waals surface area contributed by atoms with Crippen molar-refractivity contribution in [3.05, 3.63) is 53.5 Å². The number of nitrogens with zero attached hydrogens (tertiary/aromatic N) is 1. The minimum absolute atomic E-state index is 0.507. The minimum atomic E-state index is 0.507. The fourth-order valence-corrected chi connectivity index (χ4v) is 2.68. The predicted octanol–water partition coefficient (Wildman–Crippen LogP) is 3.30. The Balaban J connectivity index is 1.70. The Morgan fingerprint density at radius 2 is 2.11 bits per heavy atom. The number of hydrogen-bond acceptors (Lipinski definition) is 4. The van der Waals surface area contributed by atoms with Gasteiger partial charge in [-0.25, -0.2) is 0 Å². The molecule has 0 unspecified atom stereocenters. The molecular weight excluding hydrogens is 342 g/mol. The number of rotatable bonds is 11. The van der Waals surface area contributed by atoms with Crippen LogP contribution in [0.3, 0.4) is 0 Å². The molecule has 0 fully saturated rings. The first-order valence-corrected chi connectivity index (χ1v) is 9.48. The average molecular weight is 373 g/mol. The summed E-state index contributed by atoms with van der Waals surface area (Å²) in [6, 6.07) is 10.0. The molecule has 2 rings (SSSR count). The van der Waals surface area contributed by atoms with Gasteiger partial charge in [0.1, 0.15) is 18.1 Å². The monoisotopic (exact) mass is 373 g/mol. The zero-order valence-corrected chi connectivity index (χ0v) is 16.6. The lowest BCUT2D eigenvalue weighted by atomic mass is 10.1. The van der Waals surface area contributed by atoms with E-state index in [-0.39, 0.29) is 0 Å². The van der Waals surface area contributed by atoms with Crippen LogP contribution in [0.2, 0.25) is 0 Å². The van der Waals surface area contributed by atoms with Gasteiger partial charge in [0.2, 0.25) is 0 Å². The van der Waals surface area contributed by atoms with Crippen LogP contribution in [0.5, 0.6) is 5.75 Å². The quantitative estimate of drug-likeness (QED) is 0.359. The van der Waals surface area contributed by atoms with Crippen molar-refractivity contribution >= 4 is 5.96 Å². The molecule has 1 aromatic carbocycles. The fraction of sp³-hybridized carbons (Fsp3) is 0.476. The SMILES string of the molecule is CCNC(=NCCCOCc1ccco1)NCCc1cc(C)ccc1OC. The largest absolute Gasteiger partial charge is 0.496 e. The number of ether oxygens (including phenoxy) is 2. The first-order valence-electron chi connectivity index (χ1n) is 9.48. The lowest BCUT2D eigenvalue weighted by Crippen LogP contribution is -2.38. The van der Waals surface area contributed by atoms with Crippen LogP contribution in [-0.2, 0) is 17.8 Å². The van der Waals surface area contributed by atoms with Gasteiger partial charge < -0.3 is 24.5 Å². The highest BCUT2D eigenvalue weighted by Crippen LogP contribution is 2.19. The molecule has 148 valence electrons. The summed E-state index contributed by atoms with van der Waals surface area (Å²) in [5, 5.41) is 6.65. The molecule has 0 amide bonds. The summed E-state index contributed by atoms with van der Waals surface area (Å²) in [4.78, 5) is 4.60. The van der Waals surface area contributed by atoms with Crippen molar-refractivity contribution in [2.24, 2.45) is 4.99 Å². The van der Waals surface area contributed by atoms with Gasteiger partial charge in [0.15, 0.2) is 5.96 Å². The predicted molar refractivity (Wildman–Crippen MR) is 108 cm³/mol. The van der Waals surface area contributed by atoms with Crippen molar-refractivity contribution in [2.45, 2.75) is 33.3 Å². The van der Waals surface area contributed by atoms with Crippen LogP contribution in [0.4, 0.5) is 0 Å². The highest BCUT2D eigenvalue weighted by molar-refractivity contribution is 5.79.